The summed E-state index contributed by atoms with van der Waals surface area (Å²) in [4.78, 5) is 16.9. The molecule has 0 aliphatic heterocycles. The minimum Gasteiger partial charge on any atom is -0.325 e. The molecule has 3 aromatic rings. The van der Waals surface area contributed by atoms with Crippen molar-refractivity contribution in [1.29, 1.82) is 0 Å². The quantitative estimate of drug-likeness (QED) is 0.584. The van der Waals surface area contributed by atoms with Crippen LogP contribution < -0.4 is 5.32 Å². The molecule has 3 nitrogen and oxygen atoms in total. The summed E-state index contributed by atoms with van der Waals surface area (Å²) < 4.78 is 13.2. The van der Waals surface area contributed by atoms with E-state index in [1.807, 2.05) is 13.8 Å². The lowest BCUT2D eigenvalue weighted by atomic mass is 10.1. The first-order valence-electron chi connectivity index (χ1n) is 8.10. The van der Waals surface area contributed by atoms with Gasteiger partial charge in [0.25, 0.3) is 0 Å². The maximum Gasteiger partial charge on any atom is 0.234 e. The van der Waals surface area contributed by atoms with Gasteiger partial charge in [0.2, 0.25) is 5.91 Å². The predicted octanol–water partition coefficient (Wildman–Crippen LogP) is 5.68. The lowest BCUT2D eigenvalue weighted by Crippen LogP contribution is -2.14. The zero-order valence-corrected chi connectivity index (χ0v) is 16.3. The number of rotatable bonds is 4. The number of carbonyl (C=O) groups is 1. The van der Waals surface area contributed by atoms with Gasteiger partial charge in [0.1, 0.15) is 10.8 Å². The lowest BCUT2D eigenvalue weighted by Gasteiger charge is -2.10. The van der Waals surface area contributed by atoms with E-state index in [2.05, 4.69) is 30.4 Å². The largest absolute Gasteiger partial charge is 0.325 e. The number of nitrogens with zero attached hydrogens (tertiary/aromatic N) is 1. The van der Waals surface area contributed by atoms with E-state index in [0.717, 1.165) is 27.1 Å². The molecule has 0 spiro atoms. The molecular weight excluding hydrogens is 371 g/mol. The second-order valence-corrected chi connectivity index (χ2v) is 7.60. The Balaban J connectivity index is 1.73. The Morgan fingerprint density at radius 1 is 1.15 bits per heavy atom. The summed E-state index contributed by atoms with van der Waals surface area (Å²) in [5.74, 6) is -0.501. The maximum absolute atomic E-state index is 13.2. The fourth-order valence-corrected chi connectivity index (χ4v) is 3.75. The number of thioether (sulfide) groups is 1. The molecular formula is C20H18ClFN2OS. The van der Waals surface area contributed by atoms with Gasteiger partial charge in [-0.2, -0.15) is 0 Å². The molecule has 0 saturated heterocycles. The number of halogens is 2. The Morgan fingerprint density at radius 3 is 2.65 bits per heavy atom. The van der Waals surface area contributed by atoms with Crippen LogP contribution in [0.1, 0.15) is 16.7 Å². The monoisotopic (exact) mass is 388 g/mol. The van der Waals surface area contributed by atoms with Gasteiger partial charge in [-0.3, -0.25) is 4.79 Å². The third-order valence-electron chi connectivity index (χ3n) is 3.94. The number of aromatic nitrogens is 1. The number of hydrogen-bond acceptors (Lipinski definition) is 3. The van der Waals surface area contributed by atoms with Crippen molar-refractivity contribution < 1.29 is 9.18 Å². The van der Waals surface area contributed by atoms with Gasteiger partial charge in [0, 0.05) is 11.1 Å². The first-order valence-corrected chi connectivity index (χ1v) is 9.46. The van der Waals surface area contributed by atoms with Gasteiger partial charge in [0.05, 0.1) is 16.3 Å². The van der Waals surface area contributed by atoms with Crippen molar-refractivity contribution in [2.24, 2.45) is 0 Å². The third kappa shape index (κ3) is 4.17. The first-order chi connectivity index (χ1) is 12.3. The van der Waals surface area contributed by atoms with E-state index in [4.69, 9.17) is 16.6 Å². The normalized spacial score (nSPS) is 11.0. The molecule has 0 bridgehead atoms. The van der Waals surface area contributed by atoms with Crippen molar-refractivity contribution in [2.75, 3.05) is 11.1 Å². The van der Waals surface area contributed by atoms with Crippen LogP contribution >= 0.6 is 23.4 Å². The molecule has 0 radical (unpaired) electrons. The molecule has 1 heterocycles. The molecule has 0 fully saturated rings. The zero-order chi connectivity index (χ0) is 18.8. The van der Waals surface area contributed by atoms with Crippen LogP contribution in [-0.4, -0.2) is 16.6 Å². The van der Waals surface area contributed by atoms with Crippen LogP contribution in [0.2, 0.25) is 5.02 Å². The highest BCUT2D eigenvalue weighted by Crippen LogP contribution is 2.27. The average molecular weight is 389 g/mol. The second-order valence-electron chi connectivity index (χ2n) is 6.23. The van der Waals surface area contributed by atoms with Crippen molar-refractivity contribution in [3.05, 3.63) is 63.9 Å². The van der Waals surface area contributed by atoms with Crippen LogP contribution in [0.5, 0.6) is 0 Å². The molecule has 6 heteroatoms. The minimum atomic E-state index is -0.513. The second kappa shape index (κ2) is 7.64. The van der Waals surface area contributed by atoms with Crippen molar-refractivity contribution in [2.45, 2.75) is 25.8 Å². The number of hydrogen-bond donors (Lipinski definition) is 1. The number of fused-ring (bicyclic) bond motifs is 1. The van der Waals surface area contributed by atoms with Crippen LogP contribution in [0.25, 0.3) is 10.9 Å². The minimum absolute atomic E-state index is 0.0201. The van der Waals surface area contributed by atoms with Gasteiger partial charge in [-0.1, -0.05) is 35.0 Å². The highest BCUT2D eigenvalue weighted by atomic mass is 35.5. The van der Waals surface area contributed by atoms with Gasteiger partial charge in [0.15, 0.2) is 0 Å². The zero-order valence-electron chi connectivity index (χ0n) is 14.7. The molecule has 1 N–H and O–H groups in total. The number of carbonyl (C=O) groups excluding carboxylic acids is 1. The number of amides is 1. The van der Waals surface area contributed by atoms with Crippen LogP contribution in [0.4, 0.5) is 10.1 Å². The Hall–Kier alpha value is -2.11. The highest BCUT2D eigenvalue weighted by Gasteiger charge is 2.10. The fourth-order valence-electron chi connectivity index (χ4n) is 2.79. The van der Waals surface area contributed by atoms with E-state index in [-0.39, 0.29) is 16.7 Å². The molecule has 134 valence electrons. The molecule has 0 unspecified atom stereocenters. The summed E-state index contributed by atoms with van der Waals surface area (Å²) in [6.45, 7) is 6.09. The maximum atomic E-state index is 13.2. The number of pyridine rings is 1. The summed E-state index contributed by atoms with van der Waals surface area (Å²) in [7, 11) is 0. The molecule has 0 saturated carbocycles. The Labute approximate surface area is 161 Å². The van der Waals surface area contributed by atoms with Crippen LogP contribution in [0.3, 0.4) is 0 Å². The van der Waals surface area contributed by atoms with Gasteiger partial charge in [-0.15, -0.1) is 0 Å². The number of benzene rings is 2. The van der Waals surface area contributed by atoms with Crippen molar-refractivity contribution >= 4 is 45.9 Å². The van der Waals surface area contributed by atoms with Crippen molar-refractivity contribution in [3.8, 4) is 0 Å². The summed E-state index contributed by atoms with van der Waals surface area (Å²) in [5, 5.41) is 4.63. The summed E-state index contributed by atoms with van der Waals surface area (Å²) in [6.07, 6.45) is 0. The molecule has 2 aromatic carbocycles. The van der Waals surface area contributed by atoms with E-state index in [9.17, 15) is 9.18 Å². The van der Waals surface area contributed by atoms with E-state index in [1.165, 1.54) is 35.5 Å². The lowest BCUT2D eigenvalue weighted by molar-refractivity contribution is -0.113. The molecule has 0 aliphatic carbocycles. The Bertz CT molecular complexity index is 1010. The molecule has 26 heavy (non-hydrogen) atoms. The molecule has 1 amide bonds. The number of nitrogens with one attached hydrogen (secondary N) is 1. The molecule has 3 rings (SSSR count). The van der Waals surface area contributed by atoms with Crippen molar-refractivity contribution in [3.63, 3.8) is 0 Å². The Morgan fingerprint density at radius 2 is 1.92 bits per heavy atom. The van der Waals surface area contributed by atoms with Gasteiger partial charge < -0.3 is 5.32 Å². The number of aryl methyl sites for hydroxylation is 3. The van der Waals surface area contributed by atoms with E-state index >= 15 is 0 Å². The predicted molar refractivity (Wildman–Crippen MR) is 107 cm³/mol. The van der Waals surface area contributed by atoms with E-state index in [1.54, 1.807) is 0 Å². The van der Waals surface area contributed by atoms with Gasteiger partial charge in [-0.25, -0.2) is 9.37 Å². The van der Waals surface area contributed by atoms with Crippen molar-refractivity contribution in [1.82, 2.24) is 4.98 Å². The SMILES string of the molecule is Cc1cc(C)c2nc(SCC(=O)Nc3ccc(F)c(Cl)c3)c(C)cc2c1. The van der Waals surface area contributed by atoms with Crippen LogP contribution in [-0.2, 0) is 4.79 Å². The van der Waals surface area contributed by atoms with Gasteiger partial charge >= 0.3 is 0 Å². The highest BCUT2D eigenvalue weighted by molar-refractivity contribution is 8.00. The molecule has 0 atom stereocenters. The number of anilines is 1. The smallest absolute Gasteiger partial charge is 0.234 e. The third-order valence-corrected chi connectivity index (χ3v) is 5.32. The summed E-state index contributed by atoms with van der Waals surface area (Å²) >= 11 is 7.11. The molecule has 1 aromatic heterocycles. The molecule has 0 aliphatic rings. The Kier molecular flexibility index (Phi) is 5.49. The topological polar surface area (TPSA) is 42.0 Å². The van der Waals surface area contributed by atoms with Crippen LogP contribution in [0.15, 0.2) is 41.4 Å². The average Bonchev–Trinajstić information content (AvgIpc) is 2.56. The van der Waals surface area contributed by atoms with E-state index in [0.29, 0.717) is 5.69 Å². The fraction of sp³-hybridized carbons (Fsp3) is 0.200. The standard InChI is InChI=1S/C20H18ClFN2OS/c1-11-6-12(2)19-14(7-11)8-13(3)20(24-19)26-10-18(25)23-15-4-5-17(22)16(21)9-15/h4-9H,10H2,1-3H3,(H,23,25). The first kappa shape index (κ1) is 18.7. The summed E-state index contributed by atoms with van der Waals surface area (Å²) in [5.41, 5.74) is 4.78. The summed E-state index contributed by atoms with van der Waals surface area (Å²) in [6, 6.07) is 10.4. The van der Waals surface area contributed by atoms with Gasteiger partial charge in [-0.05, 0) is 62.2 Å². The van der Waals surface area contributed by atoms with E-state index < -0.39 is 5.82 Å². The van der Waals surface area contributed by atoms with Crippen LogP contribution in [0, 0.1) is 26.6 Å².